The minimum Gasteiger partial charge on any atom is -0.483 e. The van der Waals surface area contributed by atoms with E-state index in [0.29, 0.717) is 37.6 Å². The molecular weight excluding hydrogens is 402 g/mol. The Bertz CT molecular complexity index is 956. The molecule has 1 atom stereocenters. The molecule has 1 saturated heterocycles. The molecule has 0 bridgehead atoms. The van der Waals surface area contributed by atoms with Crippen LogP contribution >= 0.6 is 0 Å². The molecule has 2 aliphatic rings. The summed E-state index contributed by atoms with van der Waals surface area (Å²) in [5.74, 6) is -1.09. The zero-order valence-corrected chi connectivity index (χ0v) is 17.6. The molecule has 2 heterocycles. The largest absolute Gasteiger partial charge is 0.483 e. The highest BCUT2D eigenvalue weighted by molar-refractivity contribution is 5.92. The molecule has 1 fully saturated rings. The maximum absolute atomic E-state index is 12.7. The average Bonchev–Trinajstić information content (AvgIpc) is 2.78. The van der Waals surface area contributed by atoms with Gasteiger partial charge in [0.05, 0.1) is 31.3 Å². The summed E-state index contributed by atoms with van der Waals surface area (Å²) in [6.45, 7) is 5.27. The summed E-state index contributed by atoms with van der Waals surface area (Å²) >= 11 is 0. The molecule has 0 aliphatic carbocycles. The molecule has 0 radical (unpaired) electrons. The molecule has 0 unspecified atom stereocenters. The number of benzene rings is 1. The van der Waals surface area contributed by atoms with E-state index in [-0.39, 0.29) is 41.9 Å². The Kier molecular flexibility index (Phi) is 7.15. The molecule has 9 heteroatoms. The summed E-state index contributed by atoms with van der Waals surface area (Å²) in [6.07, 6.45) is 0. The number of allylic oxidation sites excluding steroid dienone is 2. The summed E-state index contributed by atoms with van der Waals surface area (Å²) in [5.41, 5.74) is 6.71. The van der Waals surface area contributed by atoms with Crippen LogP contribution < -0.4 is 10.5 Å². The van der Waals surface area contributed by atoms with E-state index >= 15 is 0 Å². The number of nitrogens with two attached hydrogens (primary N) is 1. The molecule has 2 aliphatic heterocycles. The van der Waals surface area contributed by atoms with Crippen molar-refractivity contribution < 1.29 is 28.5 Å². The second-order valence-corrected chi connectivity index (χ2v) is 6.93. The molecule has 9 nitrogen and oxygen atoms in total. The van der Waals surface area contributed by atoms with Gasteiger partial charge in [0, 0.05) is 18.7 Å². The molecule has 1 aromatic rings. The first-order chi connectivity index (χ1) is 15.0. The van der Waals surface area contributed by atoms with Crippen LogP contribution in [0.5, 0.6) is 5.75 Å². The van der Waals surface area contributed by atoms with E-state index < -0.39 is 11.9 Å². The molecule has 2 N–H and O–H groups in total. The van der Waals surface area contributed by atoms with Crippen LogP contribution in [0.2, 0.25) is 0 Å². The van der Waals surface area contributed by atoms with Gasteiger partial charge in [-0.25, -0.2) is 4.79 Å². The Hall–Kier alpha value is -3.51. The number of rotatable bonds is 6. The van der Waals surface area contributed by atoms with E-state index in [1.165, 1.54) is 0 Å². The number of nitriles is 1. The number of hydrogen-bond acceptors (Lipinski definition) is 8. The highest BCUT2D eigenvalue weighted by Crippen LogP contribution is 2.42. The monoisotopic (exact) mass is 427 g/mol. The van der Waals surface area contributed by atoms with Crippen LogP contribution in [0.15, 0.2) is 47.1 Å². The number of hydrogen-bond donors (Lipinski definition) is 1. The Balaban J connectivity index is 1.93. The van der Waals surface area contributed by atoms with Crippen molar-refractivity contribution in [3.63, 3.8) is 0 Å². The first kappa shape index (κ1) is 22.2. The van der Waals surface area contributed by atoms with Crippen LogP contribution in [0, 0.1) is 11.3 Å². The van der Waals surface area contributed by atoms with Crippen molar-refractivity contribution in [2.75, 3.05) is 39.5 Å². The van der Waals surface area contributed by atoms with Gasteiger partial charge in [-0.3, -0.25) is 4.79 Å². The van der Waals surface area contributed by atoms with E-state index in [4.69, 9.17) is 24.7 Å². The maximum Gasteiger partial charge on any atom is 0.338 e. The van der Waals surface area contributed by atoms with Crippen molar-refractivity contribution in [3.8, 4) is 11.8 Å². The number of carbonyl (C=O) groups is 2. The summed E-state index contributed by atoms with van der Waals surface area (Å²) in [7, 11) is 0. The standard InChI is InChI=1S/C22H25N3O6/c1-3-29-22(27)19-14(2)31-21(24)16(12-23)20(19)15-6-4-5-7-17(15)30-13-18(26)25-8-10-28-11-9-25/h4-7,20H,3,8-11,13,24H2,1-2H3/t20-/m0/s1. The molecule has 0 aromatic heterocycles. The van der Waals surface area contributed by atoms with Crippen molar-refractivity contribution in [1.29, 1.82) is 5.26 Å². The Morgan fingerprint density at radius 2 is 2.00 bits per heavy atom. The SMILES string of the molecule is CCOC(=O)C1=C(C)OC(N)=C(C#N)[C@@H]1c1ccccc1OCC(=O)N1CCOCC1. The molecule has 31 heavy (non-hydrogen) atoms. The van der Waals surface area contributed by atoms with Gasteiger partial charge in [0.25, 0.3) is 5.91 Å². The Labute approximate surface area is 180 Å². The summed E-state index contributed by atoms with van der Waals surface area (Å²) < 4.78 is 21.7. The molecular formula is C22H25N3O6. The normalized spacial score (nSPS) is 18.9. The molecule has 164 valence electrons. The summed E-state index contributed by atoms with van der Waals surface area (Å²) in [5, 5.41) is 9.73. The molecule has 1 amide bonds. The first-order valence-corrected chi connectivity index (χ1v) is 10.0. The van der Waals surface area contributed by atoms with Crippen molar-refractivity contribution in [2.24, 2.45) is 5.73 Å². The van der Waals surface area contributed by atoms with Crippen LogP contribution in [-0.2, 0) is 23.8 Å². The predicted octanol–water partition coefficient (Wildman–Crippen LogP) is 1.57. The van der Waals surface area contributed by atoms with Crippen molar-refractivity contribution >= 4 is 11.9 Å². The summed E-state index contributed by atoms with van der Waals surface area (Å²) in [4.78, 5) is 26.9. The Morgan fingerprint density at radius 3 is 2.68 bits per heavy atom. The lowest BCUT2D eigenvalue weighted by Crippen LogP contribution is -2.43. The first-order valence-electron chi connectivity index (χ1n) is 10.0. The van der Waals surface area contributed by atoms with Gasteiger partial charge in [-0.05, 0) is 19.9 Å². The third-order valence-electron chi connectivity index (χ3n) is 5.05. The van der Waals surface area contributed by atoms with E-state index in [2.05, 4.69) is 0 Å². The van der Waals surface area contributed by atoms with Crippen molar-refractivity contribution in [3.05, 3.63) is 52.6 Å². The van der Waals surface area contributed by atoms with Crippen LogP contribution in [0.3, 0.4) is 0 Å². The molecule has 0 spiro atoms. The zero-order valence-electron chi connectivity index (χ0n) is 17.6. The molecule has 0 saturated carbocycles. The van der Waals surface area contributed by atoms with E-state index in [1.54, 1.807) is 43.0 Å². The second kappa shape index (κ2) is 10.00. The third kappa shape index (κ3) is 4.81. The number of nitrogens with zero attached hydrogens (tertiary/aromatic N) is 2. The van der Waals surface area contributed by atoms with Gasteiger partial charge in [0.15, 0.2) is 6.61 Å². The second-order valence-electron chi connectivity index (χ2n) is 6.93. The lowest BCUT2D eigenvalue weighted by Gasteiger charge is -2.29. The van der Waals surface area contributed by atoms with Crippen molar-refractivity contribution in [1.82, 2.24) is 4.90 Å². The van der Waals surface area contributed by atoms with Crippen LogP contribution in [0.4, 0.5) is 0 Å². The van der Waals surface area contributed by atoms with Crippen LogP contribution in [0.1, 0.15) is 25.3 Å². The number of esters is 1. The van der Waals surface area contributed by atoms with E-state index in [0.717, 1.165) is 0 Å². The number of morpholine rings is 1. The highest BCUT2D eigenvalue weighted by atomic mass is 16.5. The van der Waals surface area contributed by atoms with Crippen LogP contribution in [0.25, 0.3) is 0 Å². The van der Waals surface area contributed by atoms with Gasteiger partial charge < -0.3 is 29.6 Å². The van der Waals surface area contributed by atoms with Gasteiger partial charge in [-0.15, -0.1) is 0 Å². The van der Waals surface area contributed by atoms with Gasteiger partial charge in [-0.1, -0.05) is 18.2 Å². The van der Waals surface area contributed by atoms with Gasteiger partial charge in [0.2, 0.25) is 5.88 Å². The number of carbonyl (C=O) groups excluding carboxylic acids is 2. The smallest absolute Gasteiger partial charge is 0.338 e. The minimum absolute atomic E-state index is 0.0733. The predicted molar refractivity (Wildman–Crippen MR) is 109 cm³/mol. The Morgan fingerprint density at radius 1 is 1.29 bits per heavy atom. The lowest BCUT2D eigenvalue weighted by atomic mass is 9.82. The van der Waals surface area contributed by atoms with Crippen LogP contribution in [-0.4, -0.2) is 56.3 Å². The van der Waals surface area contributed by atoms with Crippen molar-refractivity contribution in [2.45, 2.75) is 19.8 Å². The number of para-hydroxylation sites is 1. The van der Waals surface area contributed by atoms with E-state index in [1.807, 2.05) is 6.07 Å². The number of ether oxygens (including phenoxy) is 4. The third-order valence-corrected chi connectivity index (χ3v) is 5.05. The van der Waals surface area contributed by atoms with Gasteiger partial charge in [-0.2, -0.15) is 5.26 Å². The van der Waals surface area contributed by atoms with Gasteiger partial charge >= 0.3 is 5.97 Å². The average molecular weight is 427 g/mol. The summed E-state index contributed by atoms with van der Waals surface area (Å²) in [6, 6.07) is 8.94. The zero-order chi connectivity index (χ0) is 22.4. The number of amides is 1. The molecule has 1 aromatic carbocycles. The molecule has 3 rings (SSSR count). The minimum atomic E-state index is -0.840. The lowest BCUT2D eigenvalue weighted by molar-refractivity contribution is -0.139. The van der Waals surface area contributed by atoms with Gasteiger partial charge in [0.1, 0.15) is 23.2 Å². The quantitative estimate of drug-likeness (QED) is 0.679. The maximum atomic E-state index is 12.7. The topological polar surface area (TPSA) is 124 Å². The highest BCUT2D eigenvalue weighted by Gasteiger charge is 2.37. The van der Waals surface area contributed by atoms with E-state index in [9.17, 15) is 14.9 Å². The fraction of sp³-hybridized carbons (Fsp3) is 0.409. The fourth-order valence-corrected chi connectivity index (χ4v) is 3.56. The fourth-order valence-electron chi connectivity index (χ4n) is 3.56.